The predicted octanol–water partition coefficient (Wildman–Crippen LogP) is 3.53. The number of benzene rings is 2. The zero-order valence-electron chi connectivity index (χ0n) is 12.4. The van der Waals surface area contributed by atoms with Gasteiger partial charge in [-0.05, 0) is 36.8 Å². The van der Waals surface area contributed by atoms with Crippen LogP contribution in [0.4, 0.5) is 4.39 Å². The maximum Gasteiger partial charge on any atom is 0.131 e. The van der Waals surface area contributed by atoms with E-state index in [1.807, 2.05) is 24.3 Å². The van der Waals surface area contributed by atoms with Gasteiger partial charge in [-0.3, -0.25) is 0 Å². The van der Waals surface area contributed by atoms with Crippen LogP contribution in [0.2, 0.25) is 5.02 Å². The average Bonchev–Trinajstić information content (AvgIpc) is 2.48. The van der Waals surface area contributed by atoms with Gasteiger partial charge >= 0.3 is 0 Å². The Labute approximate surface area is 134 Å². The van der Waals surface area contributed by atoms with Crippen LogP contribution in [0.5, 0.6) is 5.75 Å². The van der Waals surface area contributed by atoms with Crippen molar-refractivity contribution in [2.24, 2.45) is 0 Å². The summed E-state index contributed by atoms with van der Waals surface area (Å²) in [6, 6.07) is 12.1. The number of ether oxygens (including phenoxy) is 1. The predicted molar refractivity (Wildman–Crippen MR) is 85.6 cm³/mol. The molecule has 2 N–H and O–H groups in total. The minimum atomic E-state index is -0.369. The molecule has 0 amide bonds. The molecule has 0 aliphatic carbocycles. The summed E-state index contributed by atoms with van der Waals surface area (Å²) in [6.07, 6.45) is -0.367. The van der Waals surface area contributed by atoms with Gasteiger partial charge in [0.2, 0.25) is 0 Å². The Morgan fingerprint density at radius 3 is 2.59 bits per heavy atom. The van der Waals surface area contributed by atoms with Gasteiger partial charge in [0, 0.05) is 18.7 Å². The molecule has 0 unspecified atom stereocenters. The summed E-state index contributed by atoms with van der Waals surface area (Å²) in [5, 5.41) is 12.7. The first kappa shape index (κ1) is 16.7. The lowest BCUT2D eigenvalue weighted by Crippen LogP contribution is -2.23. The summed E-state index contributed by atoms with van der Waals surface area (Å²) in [5.41, 5.74) is 1.43. The quantitative estimate of drug-likeness (QED) is 0.819. The van der Waals surface area contributed by atoms with E-state index in [0.29, 0.717) is 29.4 Å². The maximum atomic E-state index is 13.6. The van der Waals surface area contributed by atoms with Crippen molar-refractivity contribution in [2.75, 3.05) is 6.54 Å². The van der Waals surface area contributed by atoms with Gasteiger partial charge in [0.05, 0.1) is 11.1 Å². The van der Waals surface area contributed by atoms with E-state index in [2.05, 4.69) is 5.32 Å². The minimum absolute atomic E-state index is 0.0884. The van der Waals surface area contributed by atoms with Crippen molar-refractivity contribution < 1.29 is 14.2 Å². The first-order valence-electron chi connectivity index (χ1n) is 7.09. The molecular formula is C17H19ClFNO2. The average molecular weight is 324 g/mol. The van der Waals surface area contributed by atoms with Gasteiger partial charge in [0.15, 0.2) is 0 Å². The number of hydrogen-bond acceptors (Lipinski definition) is 3. The first-order chi connectivity index (χ1) is 10.6. The maximum absolute atomic E-state index is 13.6. The van der Waals surface area contributed by atoms with E-state index in [0.717, 1.165) is 5.56 Å². The third-order valence-electron chi connectivity index (χ3n) is 3.14. The Balaban J connectivity index is 1.89. The largest absolute Gasteiger partial charge is 0.489 e. The van der Waals surface area contributed by atoms with E-state index in [1.165, 1.54) is 6.07 Å². The van der Waals surface area contributed by atoms with E-state index in [1.54, 1.807) is 19.1 Å². The summed E-state index contributed by atoms with van der Waals surface area (Å²) in [7, 11) is 0. The lowest BCUT2D eigenvalue weighted by molar-refractivity contribution is 0.191. The first-order valence-corrected chi connectivity index (χ1v) is 7.47. The summed E-state index contributed by atoms with van der Waals surface area (Å²) < 4.78 is 19.2. The highest BCUT2D eigenvalue weighted by atomic mass is 35.5. The molecule has 1 atom stereocenters. The Morgan fingerprint density at radius 2 is 1.95 bits per heavy atom. The molecule has 0 saturated carbocycles. The van der Waals surface area contributed by atoms with E-state index >= 15 is 0 Å². The summed E-state index contributed by atoms with van der Waals surface area (Å²) in [6.45, 7) is 3.04. The highest BCUT2D eigenvalue weighted by molar-refractivity contribution is 6.31. The molecule has 5 heteroatoms. The Bertz CT molecular complexity index is 582. The third-order valence-corrected chi connectivity index (χ3v) is 3.49. The van der Waals surface area contributed by atoms with Gasteiger partial charge in [-0.1, -0.05) is 29.8 Å². The molecule has 3 nitrogen and oxygen atoms in total. The topological polar surface area (TPSA) is 41.5 Å². The van der Waals surface area contributed by atoms with Crippen molar-refractivity contribution in [1.82, 2.24) is 5.32 Å². The molecule has 0 aliphatic rings. The van der Waals surface area contributed by atoms with E-state index in [-0.39, 0.29) is 18.5 Å². The van der Waals surface area contributed by atoms with E-state index in [9.17, 15) is 9.50 Å². The monoisotopic (exact) mass is 323 g/mol. The second-order valence-electron chi connectivity index (χ2n) is 5.11. The molecule has 0 heterocycles. The molecule has 0 spiro atoms. The molecule has 0 radical (unpaired) electrons. The Hall–Kier alpha value is -1.62. The Morgan fingerprint density at radius 1 is 1.23 bits per heavy atom. The zero-order valence-corrected chi connectivity index (χ0v) is 13.1. The van der Waals surface area contributed by atoms with Crippen molar-refractivity contribution in [3.63, 3.8) is 0 Å². The molecule has 0 aromatic heterocycles. The third kappa shape index (κ3) is 4.98. The summed E-state index contributed by atoms with van der Waals surface area (Å²) in [4.78, 5) is 0. The highest BCUT2D eigenvalue weighted by Gasteiger charge is 2.07. The van der Waals surface area contributed by atoms with Gasteiger partial charge in [-0.25, -0.2) is 4.39 Å². The molecule has 118 valence electrons. The fourth-order valence-corrected chi connectivity index (χ4v) is 2.17. The van der Waals surface area contributed by atoms with Crippen LogP contribution in [-0.2, 0) is 13.2 Å². The van der Waals surface area contributed by atoms with Gasteiger partial charge in [-0.2, -0.15) is 0 Å². The minimum Gasteiger partial charge on any atom is -0.489 e. The normalized spacial score (nSPS) is 12.2. The number of rotatable bonds is 7. The van der Waals surface area contributed by atoms with Crippen LogP contribution in [0.3, 0.4) is 0 Å². The van der Waals surface area contributed by atoms with Crippen LogP contribution in [-0.4, -0.2) is 17.8 Å². The second kappa shape index (κ2) is 8.13. The molecule has 2 rings (SSSR count). The van der Waals surface area contributed by atoms with Crippen LogP contribution in [0.25, 0.3) is 0 Å². The molecule has 2 aromatic carbocycles. The number of hydrogen-bond donors (Lipinski definition) is 2. The second-order valence-corrected chi connectivity index (χ2v) is 5.52. The lowest BCUT2D eigenvalue weighted by atomic mass is 10.2. The van der Waals surface area contributed by atoms with E-state index < -0.39 is 0 Å². The summed E-state index contributed by atoms with van der Waals surface area (Å²) >= 11 is 5.95. The van der Waals surface area contributed by atoms with E-state index in [4.69, 9.17) is 16.3 Å². The van der Waals surface area contributed by atoms with Gasteiger partial charge in [0.1, 0.15) is 18.2 Å². The van der Waals surface area contributed by atoms with Crippen LogP contribution >= 0.6 is 11.6 Å². The van der Waals surface area contributed by atoms with Crippen molar-refractivity contribution in [1.29, 1.82) is 0 Å². The molecule has 0 fully saturated rings. The summed E-state index contributed by atoms with van der Waals surface area (Å²) in [5.74, 6) is 0.282. The van der Waals surface area contributed by atoms with Gasteiger partial charge in [0.25, 0.3) is 0 Å². The highest BCUT2D eigenvalue weighted by Crippen LogP contribution is 2.21. The molecule has 0 saturated heterocycles. The number of aliphatic hydroxyl groups is 1. The fraction of sp³-hybridized carbons (Fsp3) is 0.294. The fourth-order valence-electron chi connectivity index (χ4n) is 1.95. The van der Waals surface area contributed by atoms with Gasteiger partial charge in [-0.15, -0.1) is 0 Å². The molecule has 0 bridgehead atoms. The van der Waals surface area contributed by atoms with Crippen LogP contribution in [0.15, 0.2) is 42.5 Å². The van der Waals surface area contributed by atoms with Crippen molar-refractivity contribution in [3.8, 4) is 5.75 Å². The van der Waals surface area contributed by atoms with Crippen molar-refractivity contribution in [2.45, 2.75) is 26.2 Å². The van der Waals surface area contributed by atoms with Crippen LogP contribution in [0.1, 0.15) is 18.1 Å². The lowest BCUT2D eigenvalue weighted by Gasteiger charge is -2.10. The number of halogens is 2. The number of aliphatic hydroxyl groups excluding tert-OH is 1. The van der Waals surface area contributed by atoms with Crippen molar-refractivity contribution in [3.05, 3.63) is 64.4 Å². The van der Waals surface area contributed by atoms with Crippen LogP contribution in [0, 0.1) is 5.82 Å². The molecular weight excluding hydrogens is 305 g/mol. The smallest absolute Gasteiger partial charge is 0.131 e. The van der Waals surface area contributed by atoms with Crippen LogP contribution < -0.4 is 10.1 Å². The molecule has 0 aliphatic heterocycles. The van der Waals surface area contributed by atoms with Gasteiger partial charge < -0.3 is 15.2 Å². The Kier molecular flexibility index (Phi) is 6.19. The standard InChI is InChI=1S/C17H19ClFNO2/c1-12(21)9-20-10-13-5-7-14(8-6-13)22-11-15-16(18)3-2-4-17(15)19/h2-8,12,20-21H,9-11H2,1H3/t12-/m1/s1. The zero-order chi connectivity index (χ0) is 15.9. The SMILES string of the molecule is C[C@@H](O)CNCc1ccc(OCc2c(F)cccc2Cl)cc1. The number of nitrogens with one attached hydrogen (secondary N) is 1. The van der Waals surface area contributed by atoms with Crippen molar-refractivity contribution >= 4 is 11.6 Å². The molecule has 22 heavy (non-hydrogen) atoms. The molecule has 2 aromatic rings.